The van der Waals surface area contributed by atoms with Crippen LogP contribution in [0.3, 0.4) is 0 Å². The molecule has 0 aliphatic carbocycles. The molecule has 5 atom stereocenters. The number of rotatable bonds is 2. The fourth-order valence-electron chi connectivity index (χ4n) is 1.88. The zero-order valence-corrected chi connectivity index (χ0v) is 10.6. The van der Waals surface area contributed by atoms with Crippen LogP contribution in [0.1, 0.15) is 6.92 Å². The minimum Gasteiger partial charge on any atom is -0.388 e. The third-order valence-electron chi connectivity index (χ3n) is 3.01. The molecule has 0 unspecified atom stereocenters. The summed E-state index contributed by atoms with van der Waals surface area (Å²) in [5.74, 6) is 0. The van der Waals surface area contributed by atoms with Crippen LogP contribution in [0.25, 0.3) is 0 Å². The van der Waals surface area contributed by atoms with E-state index in [0.717, 1.165) is 0 Å². The molecular weight excluding hydrogens is 258 g/mol. The molecule has 1 saturated heterocycles. The van der Waals surface area contributed by atoms with Gasteiger partial charge in [0, 0.05) is 10.7 Å². The molecule has 2 rings (SSSR count). The second-order valence-electron chi connectivity index (χ2n) is 4.38. The van der Waals surface area contributed by atoms with Crippen molar-refractivity contribution in [3.63, 3.8) is 0 Å². The zero-order valence-electron chi connectivity index (χ0n) is 9.82. The predicted octanol–water partition coefficient (Wildman–Crippen LogP) is 0.579. The van der Waals surface area contributed by atoms with Crippen molar-refractivity contribution in [1.82, 2.24) is 0 Å². The first-order chi connectivity index (χ1) is 8.49. The van der Waals surface area contributed by atoms with Gasteiger partial charge in [-0.25, -0.2) is 0 Å². The number of ether oxygens (including phenoxy) is 1. The van der Waals surface area contributed by atoms with Crippen LogP contribution in [0, 0.1) is 0 Å². The topological polar surface area (TPSA) is 82.0 Å². The molecule has 100 valence electrons. The molecule has 4 N–H and O–H groups in total. The molecule has 1 aliphatic rings. The molecule has 1 fully saturated rings. The average Bonchev–Trinajstić information content (AvgIpc) is 2.36. The molecule has 1 aromatic rings. The van der Waals surface area contributed by atoms with Gasteiger partial charge >= 0.3 is 0 Å². The predicted molar refractivity (Wildman–Crippen MR) is 67.4 cm³/mol. The summed E-state index contributed by atoms with van der Waals surface area (Å²) in [5, 5.41) is 32.6. The van der Waals surface area contributed by atoms with Gasteiger partial charge < -0.3 is 25.4 Å². The smallest absolute Gasteiger partial charge is 0.157 e. The van der Waals surface area contributed by atoms with E-state index in [4.69, 9.17) is 16.3 Å². The first kappa shape index (κ1) is 13.6. The highest BCUT2D eigenvalue weighted by Crippen LogP contribution is 2.23. The van der Waals surface area contributed by atoms with Gasteiger partial charge in [0.15, 0.2) is 6.23 Å². The van der Waals surface area contributed by atoms with Gasteiger partial charge in [0.1, 0.15) is 18.3 Å². The molecule has 1 heterocycles. The average molecular weight is 274 g/mol. The van der Waals surface area contributed by atoms with E-state index in [1.807, 2.05) is 0 Å². The highest BCUT2D eigenvalue weighted by Gasteiger charge is 2.41. The van der Waals surface area contributed by atoms with E-state index in [1.54, 1.807) is 31.2 Å². The maximum Gasteiger partial charge on any atom is 0.157 e. The Bertz CT molecular complexity index is 400. The molecule has 0 amide bonds. The lowest BCUT2D eigenvalue weighted by atomic mass is 9.99. The Hall–Kier alpha value is -0.850. The molecular formula is C12H16ClNO4. The lowest BCUT2D eigenvalue weighted by Crippen LogP contribution is -2.58. The third kappa shape index (κ3) is 2.76. The first-order valence-corrected chi connectivity index (χ1v) is 6.08. The van der Waals surface area contributed by atoms with Crippen LogP contribution in [-0.4, -0.2) is 46.0 Å². The molecule has 1 aromatic carbocycles. The van der Waals surface area contributed by atoms with Crippen molar-refractivity contribution in [3.8, 4) is 0 Å². The van der Waals surface area contributed by atoms with Gasteiger partial charge in [-0.15, -0.1) is 0 Å². The van der Waals surface area contributed by atoms with Crippen molar-refractivity contribution in [2.45, 2.75) is 37.6 Å². The van der Waals surface area contributed by atoms with Crippen molar-refractivity contribution < 1.29 is 20.1 Å². The summed E-state index contributed by atoms with van der Waals surface area (Å²) >= 11 is 5.77. The van der Waals surface area contributed by atoms with Gasteiger partial charge in [0.25, 0.3) is 0 Å². The molecule has 0 saturated carbocycles. The molecule has 6 heteroatoms. The monoisotopic (exact) mass is 273 g/mol. The fourth-order valence-corrected chi connectivity index (χ4v) is 2.01. The standard InChI is InChI=1S/C12H16ClNO4/c1-6-9(15)10(16)11(17)12(18-6)14-8-4-2-7(13)3-5-8/h2-6,9-12,14-17H,1H3/t6-,9-,10+,11+,12-/m0/s1. The summed E-state index contributed by atoms with van der Waals surface area (Å²) in [7, 11) is 0. The SMILES string of the molecule is C[C@@H]1O[C@H](Nc2ccc(Cl)cc2)[C@H](O)[C@H](O)[C@H]1O. The molecule has 1 aliphatic heterocycles. The number of hydrogen-bond donors (Lipinski definition) is 4. The second kappa shape index (κ2) is 5.42. The Morgan fingerprint density at radius 2 is 1.67 bits per heavy atom. The first-order valence-electron chi connectivity index (χ1n) is 5.71. The van der Waals surface area contributed by atoms with E-state index in [9.17, 15) is 15.3 Å². The fraction of sp³-hybridized carbons (Fsp3) is 0.500. The number of hydrogen-bond acceptors (Lipinski definition) is 5. The van der Waals surface area contributed by atoms with E-state index in [1.165, 1.54) is 0 Å². The van der Waals surface area contributed by atoms with Gasteiger partial charge in [-0.3, -0.25) is 0 Å². The van der Waals surface area contributed by atoms with Crippen LogP contribution in [0.15, 0.2) is 24.3 Å². The van der Waals surface area contributed by atoms with Gasteiger partial charge in [0.2, 0.25) is 0 Å². The second-order valence-corrected chi connectivity index (χ2v) is 4.82. The maximum absolute atomic E-state index is 9.82. The van der Waals surface area contributed by atoms with Crippen molar-refractivity contribution in [1.29, 1.82) is 0 Å². The summed E-state index contributed by atoms with van der Waals surface area (Å²) in [5.41, 5.74) is 0.708. The van der Waals surface area contributed by atoms with Crippen LogP contribution < -0.4 is 5.32 Å². The third-order valence-corrected chi connectivity index (χ3v) is 3.26. The van der Waals surface area contributed by atoms with E-state index < -0.39 is 30.6 Å². The number of anilines is 1. The number of halogens is 1. The molecule has 0 spiro atoms. The minimum absolute atomic E-state index is 0.562. The molecule has 18 heavy (non-hydrogen) atoms. The summed E-state index contributed by atoms with van der Waals surface area (Å²) in [6, 6.07) is 6.88. The van der Waals surface area contributed by atoms with Crippen LogP contribution in [0.5, 0.6) is 0 Å². The van der Waals surface area contributed by atoms with Gasteiger partial charge in [-0.1, -0.05) is 11.6 Å². The van der Waals surface area contributed by atoms with Crippen molar-refractivity contribution in [3.05, 3.63) is 29.3 Å². The lowest BCUT2D eigenvalue weighted by Gasteiger charge is -2.39. The number of aliphatic hydroxyl groups excluding tert-OH is 3. The van der Waals surface area contributed by atoms with Crippen molar-refractivity contribution in [2.24, 2.45) is 0 Å². The summed E-state index contributed by atoms with van der Waals surface area (Å²) in [4.78, 5) is 0. The van der Waals surface area contributed by atoms with E-state index in [0.29, 0.717) is 10.7 Å². The Morgan fingerprint density at radius 1 is 1.06 bits per heavy atom. The summed E-state index contributed by atoms with van der Waals surface area (Å²) in [6.07, 6.45) is -4.87. The highest BCUT2D eigenvalue weighted by molar-refractivity contribution is 6.30. The van der Waals surface area contributed by atoms with Crippen LogP contribution in [0.2, 0.25) is 5.02 Å². The lowest BCUT2D eigenvalue weighted by molar-refractivity contribution is -0.209. The molecule has 5 nitrogen and oxygen atoms in total. The number of benzene rings is 1. The van der Waals surface area contributed by atoms with Crippen LogP contribution in [0.4, 0.5) is 5.69 Å². The van der Waals surface area contributed by atoms with Crippen molar-refractivity contribution in [2.75, 3.05) is 5.32 Å². The quantitative estimate of drug-likeness (QED) is 0.634. The van der Waals surface area contributed by atoms with Crippen LogP contribution >= 0.6 is 11.6 Å². The van der Waals surface area contributed by atoms with Gasteiger partial charge in [-0.05, 0) is 31.2 Å². The van der Waals surface area contributed by atoms with Crippen LogP contribution in [-0.2, 0) is 4.74 Å². The zero-order chi connectivity index (χ0) is 13.3. The molecule has 0 bridgehead atoms. The highest BCUT2D eigenvalue weighted by atomic mass is 35.5. The maximum atomic E-state index is 9.82. The Kier molecular flexibility index (Phi) is 4.09. The minimum atomic E-state index is -1.24. The molecule has 0 aromatic heterocycles. The van der Waals surface area contributed by atoms with E-state index >= 15 is 0 Å². The van der Waals surface area contributed by atoms with Gasteiger partial charge in [0.05, 0.1) is 6.10 Å². The normalized spacial score (nSPS) is 36.4. The number of nitrogens with one attached hydrogen (secondary N) is 1. The Labute approximate surface area is 110 Å². The Balaban J connectivity index is 2.06. The van der Waals surface area contributed by atoms with Gasteiger partial charge in [-0.2, -0.15) is 0 Å². The summed E-state index contributed by atoms with van der Waals surface area (Å²) < 4.78 is 5.41. The van der Waals surface area contributed by atoms with E-state index in [2.05, 4.69) is 5.32 Å². The molecule has 0 radical (unpaired) electrons. The van der Waals surface area contributed by atoms with E-state index in [-0.39, 0.29) is 0 Å². The Morgan fingerprint density at radius 3 is 2.28 bits per heavy atom. The number of aliphatic hydroxyl groups is 3. The van der Waals surface area contributed by atoms with Crippen molar-refractivity contribution >= 4 is 17.3 Å². The largest absolute Gasteiger partial charge is 0.388 e. The summed E-state index contributed by atoms with van der Waals surface area (Å²) in [6.45, 7) is 1.64.